The minimum absolute atomic E-state index is 0.0208. The number of hydrogen-bond acceptors (Lipinski definition) is 24. The minimum Gasteiger partial charge on any atom is -0.451 e. The van der Waals surface area contributed by atoms with E-state index in [0.29, 0.717) is 22.3 Å². The van der Waals surface area contributed by atoms with E-state index in [-0.39, 0.29) is 59.9 Å². The highest BCUT2D eigenvalue weighted by Crippen LogP contribution is 2.48. The van der Waals surface area contributed by atoms with Crippen LogP contribution < -0.4 is 0 Å². The van der Waals surface area contributed by atoms with Gasteiger partial charge < -0.3 is 58.3 Å². The zero-order valence-electron chi connectivity index (χ0n) is 54.1. The highest BCUT2D eigenvalue weighted by Gasteiger charge is 2.58. The summed E-state index contributed by atoms with van der Waals surface area (Å²) in [6.45, 7) is 24.0. The summed E-state index contributed by atoms with van der Waals surface area (Å²) in [5, 5.41) is 37.9. The van der Waals surface area contributed by atoms with Crippen molar-refractivity contribution in [3.8, 4) is 0 Å². The molecule has 0 aliphatic carbocycles. The maximum absolute atomic E-state index is 12.7. The molecule has 0 aromatic heterocycles. The standard InChI is InChI=1S/2C23H26O5.2C9H18O3.4CO2/c2*1-4-18-23(3,5-2)19(27-20(24)16-12-8-6-9-13-16)22(26-18)28-21(25)17-14-10-7-11-15-17;2*1-4-6-9(3,5-2)7(10)8(11)12-6;4*2-1-3/h2*6-15,18-19,22H,4-5H2,1-3H3;2*6-8,10-11H,4-5H2,1-3H3;;;;/t2*18?,19-,22?,23-;2*6?,7-,8?,9-;;;;/m1010..../s1. The summed E-state index contributed by atoms with van der Waals surface area (Å²) < 4.78 is 45.5. The Morgan fingerprint density at radius 1 is 0.348 bits per heavy atom. The Morgan fingerprint density at radius 2 is 0.543 bits per heavy atom. The molecule has 0 amide bonds. The van der Waals surface area contributed by atoms with Gasteiger partial charge in [-0.05, 0) is 99.9 Å². The van der Waals surface area contributed by atoms with Gasteiger partial charge in [0, 0.05) is 21.7 Å². The average Bonchev–Trinajstić information content (AvgIpc) is 1.66. The lowest BCUT2D eigenvalue weighted by atomic mass is 9.77. The van der Waals surface area contributed by atoms with Crippen molar-refractivity contribution in [3.05, 3.63) is 144 Å². The van der Waals surface area contributed by atoms with Crippen LogP contribution in [0.5, 0.6) is 0 Å². The van der Waals surface area contributed by atoms with Crippen molar-refractivity contribution in [2.45, 2.75) is 208 Å². The van der Waals surface area contributed by atoms with E-state index in [1.807, 2.05) is 107 Å². The summed E-state index contributed by atoms with van der Waals surface area (Å²) in [5.74, 6) is -1.90. The van der Waals surface area contributed by atoms with Gasteiger partial charge in [0.15, 0.2) is 24.8 Å². The van der Waals surface area contributed by atoms with Crippen molar-refractivity contribution in [2.24, 2.45) is 21.7 Å². The molecule has 0 spiro atoms. The summed E-state index contributed by atoms with van der Waals surface area (Å²) in [4.78, 5) is 115. The van der Waals surface area contributed by atoms with Crippen molar-refractivity contribution in [1.29, 1.82) is 0 Å². The lowest BCUT2D eigenvalue weighted by molar-refractivity contribution is -0.193. The molecule has 4 aliphatic heterocycles. The zero-order valence-corrected chi connectivity index (χ0v) is 54.1. The summed E-state index contributed by atoms with van der Waals surface area (Å²) in [6, 6.07) is 35.0. The van der Waals surface area contributed by atoms with Gasteiger partial charge in [0.1, 0.15) is 12.2 Å². The first-order valence-corrected chi connectivity index (χ1v) is 30.1. The van der Waals surface area contributed by atoms with E-state index in [1.54, 1.807) is 97.1 Å². The highest BCUT2D eigenvalue weighted by atomic mass is 16.7. The van der Waals surface area contributed by atoms with Crippen molar-refractivity contribution in [2.75, 3.05) is 0 Å². The van der Waals surface area contributed by atoms with Gasteiger partial charge in [0.25, 0.3) is 0 Å². The van der Waals surface area contributed by atoms with Gasteiger partial charge in [0.05, 0.1) is 46.7 Å². The molecule has 16 atom stereocenters. The number of aliphatic hydroxyl groups is 4. The number of ether oxygens (including phenoxy) is 8. The number of carbonyl (C=O) groups excluding carboxylic acids is 12. The average molecular weight is 1290 g/mol. The fourth-order valence-corrected chi connectivity index (χ4v) is 11.1. The number of carbonyl (C=O) groups is 4. The van der Waals surface area contributed by atoms with E-state index in [9.17, 15) is 39.6 Å². The number of aliphatic hydroxyl groups excluding tert-OH is 4. The number of rotatable bonds is 16. The van der Waals surface area contributed by atoms with Crippen LogP contribution in [0.2, 0.25) is 0 Å². The maximum Gasteiger partial charge on any atom is 0.373 e. The molecule has 8 unspecified atom stereocenters. The normalized spacial score (nSPS) is 29.1. The third kappa shape index (κ3) is 22.1. The van der Waals surface area contributed by atoms with E-state index in [4.69, 9.17) is 76.3 Å². The van der Waals surface area contributed by atoms with E-state index in [2.05, 4.69) is 0 Å². The zero-order chi connectivity index (χ0) is 69.8. The Kier molecular flexibility index (Phi) is 36.9. The van der Waals surface area contributed by atoms with Gasteiger partial charge in [-0.3, -0.25) is 0 Å². The molecule has 0 saturated carbocycles. The Bertz CT molecular complexity index is 2720. The van der Waals surface area contributed by atoms with E-state index in [1.165, 1.54) is 0 Å². The molecule has 4 heterocycles. The smallest absolute Gasteiger partial charge is 0.373 e. The Labute approximate surface area is 536 Å². The van der Waals surface area contributed by atoms with Crippen molar-refractivity contribution in [3.63, 3.8) is 0 Å². The van der Waals surface area contributed by atoms with Gasteiger partial charge >= 0.3 is 48.5 Å². The van der Waals surface area contributed by atoms with E-state index < -0.39 is 84.3 Å². The number of esters is 4. The molecule has 4 aromatic rings. The molecule has 0 bridgehead atoms. The molecule has 24 heteroatoms. The first-order chi connectivity index (χ1) is 43.8. The largest absolute Gasteiger partial charge is 0.451 e. The molecule has 8 rings (SSSR count). The molecular formula is C68H88O24. The van der Waals surface area contributed by atoms with Gasteiger partial charge in [-0.15, -0.1) is 0 Å². The van der Waals surface area contributed by atoms with E-state index in [0.717, 1.165) is 51.4 Å². The lowest BCUT2D eigenvalue weighted by Gasteiger charge is -2.33. The highest BCUT2D eigenvalue weighted by molar-refractivity contribution is 5.91. The second-order valence-corrected chi connectivity index (χ2v) is 22.2. The third-order valence-electron chi connectivity index (χ3n) is 17.3. The van der Waals surface area contributed by atoms with Crippen LogP contribution in [-0.4, -0.2) is 143 Å². The topological polar surface area (TPSA) is 360 Å². The predicted octanol–water partition coefficient (Wildman–Crippen LogP) is 8.69. The van der Waals surface area contributed by atoms with Gasteiger partial charge in [-0.1, -0.05) is 156 Å². The second-order valence-electron chi connectivity index (χ2n) is 22.2. The van der Waals surface area contributed by atoms with Crippen molar-refractivity contribution < 1.29 is 116 Å². The quantitative estimate of drug-likeness (QED) is 0.0601. The maximum atomic E-state index is 12.7. The SMILES string of the molecule is CCC1OC(O)[C@@H](O)[C@]1(C)CC.CCC1OC(O)[C@H](O)[C@@]1(C)CC.CCC1OC(OC(=O)c2ccccc2)[C@@H](OC(=O)c2ccccc2)[C@]1(C)CC.CCC1OC(OC(=O)c2ccccc2)[C@H](OC(=O)c2ccccc2)[C@@]1(C)CC.O=C=O.O=C=O.O=C=O.O=C=O. The van der Waals surface area contributed by atoms with Gasteiger partial charge in [-0.2, -0.15) is 38.4 Å². The van der Waals surface area contributed by atoms with Crippen LogP contribution in [0, 0.1) is 21.7 Å². The van der Waals surface area contributed by atoms with Crippen LogP contribution in [0.15, 0.2) is 121 Å². The Morgan fingerprint density at radius 3 is 0.728 bits per heavy atom. The molecule has 4 aliphatic rings. The molecule has 4 saturated heterocycles. The molecule has 4 fully saturated rings. The Hall–Kier alpha value is -8.04. The summed E-state index contributed by atoms with van der Waals surface area (Å²) in [7, 11) is 0. The van der Waals surface area contributed by atoms with Crippen molar-refractivity contribution in [1.82, 2.24) is 0 Å². The summed E-state index contributed by atoms with van der Waals surface area (Å²) in [6.07, 6.45) is 0.0291. The van der Waals surface area contributed by atoms with Crippen LogP contribution in [0.4, 0.5) is 0 Å². The predicted molar refractivity (Wildman–Crippen MR) is 321 cm³/mol. The number of hydrogen-bond donors (Lipinski definition) is 4. The lowest BCUT2D eigenvalue weighted by Crippen LogP contribution is -2.42. The molecule has 4 N–H and O–H groups in total. The molecule has 0 radical (unpaired) electrons. The third-order valence-corrected chi connectivity index (χ3v) is 17.3. The van der Waals surface area contributed by atoms with Crippen molar-refractivity contribution >= 4 is 48.5 Å². The van der Waals surface area contributed by atoms with Crippen LogP contribution in [0.25, 0.3) is 0 Å². The molecule has 504 valence electrons. The van der Waals surface area contributed by atoms with Crippen LogP contribution in [0.1, 0.15) is 176 Å². The minimum atomic E-state index is -1.00. The first-order valence-electron chi connectivity index (χ1n) is 30.1. The molecule has 24 nitrogen and oxygen atoms in total. The van der Waals surface area contributed by atoms with E-state index >= 15 is 0 Å². The fraction of sp³-hybridized carbons (Fsp3) is 0.529. The summed E-state index contributed by atoms with van der Waals surface area (Å²) >= 11 is 0. The van der Waals surface area contributed by atoms with Crippen LogP contribution in [0.3, 0.4) is 0 Å². The molecule has 4 aromatic carbocycles. The van der Waals surface area contributed by atoms with Gasteiger partial charge in [-0.25, -0.2) is 19.2 Å². The monoisotopic (exact) mass is 1290 g/mol. The summed E-state index contributed by atoms with van der Waals surface area (Å²) in [5.41, 5.74) is 0.280. The van der Waals surface area contributed by atoms with Crippen LogP contribution >= 0.6 is 0 Å². The van der Waals surface area contributed by atoms with Crippen LogP contribution in [-0.2, 0) is 76.3 Å². The van der Waals surface area contributed by atoms with Gasteiger partial charge in [0.2, 0.25) is 12.6 Å². The fourth-order valence-electron chi connectivity index (χ4n) is 11.1. The number of benzene rings is 4. The Balaban J connectivity index is 0.000000611. The first kappa shape index (κ1) is 82.0. The molecule has 92 heavy (non-hydrogen) atoms. The second kappa shape index (κ2) is 41.4. The molecular weight excluding hydrogens is 1200 g/mol.